The van der Waals surface area contributed by atoms with Crippen molar-refractivity contribution in [1.82, 2.24) is 9.47 Å². The van der Waals surface area contributed by atoms with Gasteiger partial charge < -0.3 is 10.4 Å². The van der Waals surface area contributed by atoms with Crippen LogP contribution < -0.4 is 5.32 Å². The molecular formula is C31H34ClN5OS. The van der Waals surface area contributed by atoms with Gasteiger partial charge >= 0.3 is 0 Å². The average molecular weight is 560 g/mol. The Morgan fingerprint density at radius 3 is 2.54 bits per heavy atom. The summed E-state index contributed by atoms with van der Waals surface area (Å²) in [6.07, 6.45) is 6.11. The van der Waals surface area contributed by atoms with Gasteiger partial charge in [-0.25, -0.2) is 0 Å². The maximum Gasteiger partial charge on any atom is 0.221 e. The number of benzene rings is 3. The van der Waals surface area contributed by atoms with Crippen LogP contribution in [0.2, 0.25) is 5.02 Å². The number of azo groups is 1. The minimum atomic E-state index is 0.0893. The molecule has 1 aromatic heterocycles. The molecule has 1 aliphatic rings. The summed E-state index contributed by atoms with van der Waals surface area (Å²) in [6, 6.07) is 22.7. The first-order valence-electron chi connectivity index (χ1n) is 13.5. The number of aryl methyl sites for hydroxylation is 1. The van der Waals surface area contributed by atoms with Gasteiger partial charge in [-0.2, -0.15) is 0 Å². The number of rotatable bonds is 7. The quantitative estimate of drug-likeness (QED) is 0.175. The lowest BCUT2D eigenvalue weighted by atomic mass is 9.94. The summed E-state index contributed by atoms with van der Waals surface area (Å²) in [7, 11) is 0. The zero-order chi connectivity index (χ0) is 27.4. The molecule has 3 aromatic carbocycles. The van der Waals surface area contributed by atoms with E-state index in [-0.39, 0.29) is 11.0 Å². The molecule has 8 heteroatoms. The predicted octanol–water partition coefficient (Wildman–Crippen LogP) is 8.89. The Bertz CT molecular complexity index is 1490. The van der Waals surface area contributed by atoms with E-state index in [2.05, 4.69) is 51.6 Å². The Morgan fingerprint density at radius 1 is 1.03 bits per heavy atom. The second-order valence-corrected chi connectivity index (χ2v) is 11.1. The smallest absolute Gasteiger partial charge is 0.221 e. The van der Waals surface area contributed by atoms with Crippen LogP contribution in [0.15, 0.2) is 77.0 Å². The fourth-order valence-electron chi connectivity index (χ4n) is 5.34. The number of nitrogens with zero attached hydrogens (tertiary/aromatic N) is 4. The van der Waals surface area contributed by atoms with Gasteiger partial charge in [0.1, 0.15) is 0 Å². The van der Waals surface area contributed by atoms with Crippen LogP contribution in [0, 0.1) is 13.8 Å². The second-order valence-electron chi connectivity index (χ2n) is 10.3. The van der Waals surface area contributed by atoms with Gasteiger partial charge in [0.15, 0.2) is 5.69 Å². The third kappa shape index (κ3) is 6.32. The molecule has 1 aliphatic carbocycles. The van der Waals surface area contributed by atoms with Crippen LogP contribution in [0.5, 0.6) is 5.88 Å². The number of nitrogens with one attached hydrogen (secondary N) is 1. The summed E-state index contributed by atoms with van der Waals surface area (Å²) in [5.74, 6) is 0.0893. The first kappa shape index (κ1) is 27.3. The highest BCUT2D eigenvalue weighted by molar-refractivity contribution is 7.80. The summed E-state index contributed by atoms with van der Waals surface area (Å²) in [4.78, 5) is 2.49. The molecule has 0 aliphatic heterocycles. The third-order valence-corrected chi connectivity index (χ3v) is 8.18. The number of halogens is 1. The van der Waals surface area contributed by atoms with Crippen LogP contribution in [-0.4, -0.2) is 25.7 Å². The van der Waals surface area contributed by atoms with E-state index in [1.54, 1.807) is 0 Å². The Labute approximate surface area is 240 Å². The Balaban J connectivity index is 1.44. The topological polar surface area (TPSA) is 65.1 Å². The lowest BCUT2D eigenvalue weighted by Gasteiger charge is -2.35. The van der Waals surface area contributed by atoms with Crippen molar-refractivity contribution in [2.24, 2.45) is 10.2 Å². The van der Waals surface area contributed by atoms with Crippen molar-refractivity contribution in [1.29, 1.82) is 0 Å². The molecule has 0 spiro atoms. The third-order valence-electron chi connectivity index (χ3n) is 7.59. The molecular weight excluding hydrogens is 526 g/mol. The minimum absolute atomic E-state index is 0.0893. The molecule has 202 valence electrons. The van der Waals surface area contributed by atoms with Gasteiger partial charge in [-0.3, -0.25) is 9.47 Å². The maximum absolute atomic E-state index is 11.4. The average Bonchev–Trinajstić information content (AvgIpc) is 3.21. The number of aromatic hydroxyl groups is 1. The molecule has 0 radical (unpaired) electrons. The number of hydrogen-bond donors (Lipinski definition) is 2. The Hall–Kier alpha value is -3.26. The molecule has 1 fully saturated rings. The highest BCUT2D eigenvalue weighted by Gasteiger charge is 2.25. The van der Waals surface area contributed by atoms with Crippen LogP contribution in [0.3, 0.4) is 0 Å². The van der Waals surface area contributed by atoms with Crippen LogP contribution in [0.4, 0.5) is 11.4 Å². The molecule has 2 N–H and O–H groups in total. The van der Waals surface area contributed by atoms with Crippen LogP contribution in [0.25, 0.3) is 10.9 Å². The van der Waals surface area contributed by atoms with E-state index in [4.69, 9.17) is 23.8 Å². The standard InChI is InChI=1S/C31H34ClN5OS/c1-21-15-17-23(18-16-21)19-36(24-9-4-3-5-10-24)20-37-28-14-7-6-11-25(28)29(30(37)38)34-35-31(39)33-27-13-8-12-26(32)22(27)2/h6-8,11-18,24,38H,3-5,9-10,19-20H2,1-2H3,(H,33,39). The van der Waals surface area contributed by atoms with E-state index in [1.807, 2.05) is 54.0 Å². The molecule has 1 heterocycles. The molecule has 5 rings (SSSR count). The van der Waals surface area contributed by atoms with Crippen molar-refractivity contribution < 1.29 is 5.11 Å². The van der Waals surface area contributed by atoms with E-state index < -0.39 is 0 Å². The molecule has 0 atom stereocenters. The molecule has 0 amide bonds. The van der Waals surface area contributed by atoms with Gasteiger partial charge in [0.05, 0.1) is 12.2 Å². The number of fused-ring (bicyclic) bond motifs is 1. The number of thiocarbonyl (C=S) groups is 1. The first-order chi connectivity index (χ1) is 18.9. The van der Waals surface area contributed by atoms with E-state index in [0.717, 1.165) is 28.7 Å². The lowest BCUT2D eigenvalue weighted by molar-refractivity contribution is 0.109. The normalized spacial score (nSPS) is 14.5. The fraction of sp³-hybridized carbons (Fsp3) is 0.323. The predicted molar refractivity (Wildman–Crippen MR) is 164 cm³/mol. The number of hydrogen-bond acceptors (Lipinski definition) is 4. The maximum atomic E-state index is 11.4. The molecule has 4 aromatic rings. The van der Waals surface area contributed by atoms with Gasteiger partial charge in [0.25, 0.3) is 0 Å². The van der Waals surface area contributed by atoms with Crippen molar-refractivity contribution in [2.75, 3.05) is 5.32 Å². The van der Waals surface area contributed by atoms with Crippen LogP contribution in [0.1, 0.15) is 48.8 Å². The SMILES string of the molecule is Cc1ccc(CN(Cn2c(O)c(N=NC(=S)Nc3cccc(Cl)c3C)c3ccccc32)C2CCCCC2)cc1. The van der Waals surface area contributed by atoms with E-state index in [0.29, 0.717) is 23.4 Å². The van der Waals surface area contributed by atoms with Crippen molar-refractivity contribution in [3.8, 4) is 5.88 Å². The molecule has 1 saturated carbocycles. The first-order valence-corrected chi connectivity index (χ1v) is 14.3. The molecule has 6 nitrogen and oxygen atoms in total. The van der Waals surface area contributed by atoms with E-state index >= 15 is 0 Å². The minimum Gasteiger partial charge on any atom is -0.493 e. The van der Waals surface area contributed by atoms with Crippen molar-refractivity contribution >= 4 is 51.2 Å². The van der Waals surface area contributed by atoms with Crippen molar-refractivity contribution in [2.45, 2.75) is 65.2 Å². The second kappa shape index (κ2) is 12.3. The monoisotopic (exact) mass is 559 g/mol. The fourth-order valence-corrected chi connectivity index (χ4v) is 5.67. The molecule has 0 bridgehead atoms. The van der Waals surface area contributed by atoms with Crippen molar-refractivity contribution in [3.05, 3.63) is 88.4 Å². The summed E-state index contributed by atoms with van der Waals surface area (Å²) >= 11 is 11.7. The Morgan fingerprint density at radius 2 is 1.77 bits per heavy atom. The molecule has 39 heavy (non-hydrogen) atoms. The summed E-state index contributed by atoms with van der Waals surface area (Å²) in [6.45, 7) is 5.41. The lowest BCUT2D eigenvalue weighted by Crippen LogP contribution is -2.37. The highest BCUT2D eigenvalue weighted by atomic mass is 35.5. The summed E-state index contributed by atoms with van der Waals surface area (Å²) in [5, 5.41) is 24.9. The summed E-state index contributed by atoms with van der Waals surface area (Å²) in [5.41, 5.74) is 5.51. The van der Waals surface area contributed by atoms with E-state index in [1.165, 1.54) is 43.2 Å². The zero-order valence-electron chi connectivity index (χ0n) is 22.4. The summed E-state index contributed by atoms with van der Waals surface area (Å²) < 4.78 is 1.95. The van der Waals surface area contributed by atoms with Gasteiger partial charge in [-0.15, -0.1) is 10.2 Å². The van der Waals surface area contributed by atoms with Gasteiger partial charge in [-0.05, 0) is 68.2 Å². The molecule has 0 saturated heterocycles. The van der Waals surface area contributed by atoms with Crippen LogP contribution in [-0.2, 0) is 13.2 Å². The van der Waals surface area contributed by atoms with Gasteiger partial charge in [-0.1, -0.05) is 85.0 Å². The van der Waals surface area contributed by atoms with Crippen LogP contribution >= 0.6 is 23.8 Å². The highest BCUT2D eigenvalue weighted by Crippen LogP contribution is 2.40. The number of aromatic nitrogens is 1. The number of anilines is 1. The Kier molecular flexibility index (Phi) is 8.60. The zero-order valence-corrected chi connectivity index (χ0v) is 24.0. The van der Waals surface area contributed by atoms with Gasteiger partial charge in [0.2, 0.25) is 11.0 Å². The van der Waals surface area contributed by atoms with E-state index in [9.17, 15) is 5.11 Å². The van der Waals surface area contributed by atoms with Gasteiger partial charge in [0, 0.05) is 28.7 Å². The number of para-hydroxylation sites is 1. The largest absolute Gasteiger partial charge is 0.493 e. The van der Waals surface area contributed by atoms with Crippen molar-refractivity contribution in [3.63, 3.8) is 0 Å². The molecule has 0 unspecified atom stereocenters.